The predicted octanol–water partition coefficient (Wildman–Crippen LogP) is -0.161. The molecule has 80 valence electrons. The normalized spacial score (nSPS) is 19.8. The minimum atomic E-state index is -0.263. The SMILES string of the molecule is COCCOCC(=S)OC1CC(=O)N1. The summed E-state index contributed by atoms with van der Waals surface area (Å²) in [6.07, 6.45) is 0.110. The van der Waals surface area contributed by atoms with Crippen molar-refractivity contribution in [2.45, 2.75) is 12.6 Å². The van der Waals surface area contributed by atoms with Crippen molar-refractivity contribution in [3.05, 3.63) is 0 Å². The molecular formula is C8H13NO4S. The number of carbonyl (C=O) groups is 1. The Balaban J connectivity index is 1.96. The second-order valence-corrected chi connectivity index (χ2v) is 3.25. The Kier molecular flexibility index (Phi) is 4.78. The van der Waals surface area contributed by atoms with Gasteiger partial charge < -0.3 is 19.5 Å². The first-order chi connectivity index (χ1) is 6.72. The Labute approximate surface area is 87.7 Å². The predicted molar refractivity (Wildman–Crippen MR) is 52.9 cm³/mol. The lowest BCUT2D eigenvalue weighted by atomic mass is 10.2. The summed E-state index contributed by atoms with van der Waals surface area (Å²) < 4.78 is 15.1. The van der Waals surface area contributed by atoms with Gasteiger partial charge in [0.05, 0.1) is 19.6 Å². The van der Waals surface area contributed by atoms with Crippen LogP contribution in [0.3, 0.4) is 0 Å². The molecule has 0 bridgehead atoms. The van der Waals surface area contributed by atoms with Crippen molar-refractivity contribution in [3.63, 3.8) is 0 Å². The minimum Gasteiger partial charge on any atom is -0.461 e. The van der Waals surface area contributed by atoms with E-state index < -0.39 is 0 Å². The number of rotatable bonds is 6. The standard InChI is InChI=1S/C8H13NO4S/c1-11-2-3-12-5-8(14)13-7-4-6(10)9-7/h7H,2-5H2,1H3,(H,9,10). The Bertz CT molecular complexity index is 213. The number of β-lactam (4-membered cyclic amide) rings is 1. The van der Waals surface area contributed by atoms with Gasteiger partial charge in [-0.3, -0.25) is 4.79 Å². The second-order valence-electron chi connectivity index (χ2n) is 2.80. The van der Waals surface area contributed by atoms with Gasteiger partial charge in [-0.15, -0.1) is 0 Å². The average molecular weight is 219 g/mol. The molecule has 5 nitrogen and oxygen atoms in total. The van der Waals surface area contributed by atoms with Crippen molar-refractivity contribution in [1.29, 1.82) is 0 Å². The van der Waals surface area contributed by atoms with Crippen molar-refractivity contribution in [2.24, 2.45) is 0 Å². The fourth-order valence-electron chi connectivity index (χ4n) is 0.888. The summed E-state index contributed by atoms with van der Waals surface area (Å²) in [5.41, 5.74) is 0. The lowest BCUT2D eigenvalue weighted by molar-refractivity contribution is -0.135. The smallest absolute Gasteiger partial charge is 0.228 e. The van der Waals surface area contributed by atoms with Gasteiger partial charge in [-0.1, -0.05) is 0 Å². The van der Waals surface area contributed by atoms with Crippen LogP contribution in [-0.4, -0.2) is 44.1 Å². The van der Waals surface area contributed by atoms with E-state index in [1.165, 1.54) is 0 Å². The van der Waals surface area contributed by atoms with E-state index in [1.807, 2.05) is 0 Å². The lowest BCUT2D eigenvalue weighted by Crippen LogP contribution is -2.51. The van der Waals surface area contributed by atoms with Gasteiger partial charge in [-0.2, -0.15) is 0 Å². The molecule has 1 amide bonds. The maximum atomic E-state index is 10.5. The Hall–Kier alpha value is -0.720. The minimum absolute atomic E-state index is 0.0156. The van der Waals surface area contributed by atoms with Gasteiger partial charge in [0.15, 0.2) is 11.3 Å². The first kappa shape index (κ1) is 11.4. The van der Waals surface area contributed by atoms with Crippen LogP contribution in [0.5, 0.6) is 0 Å². The van der Waals surface area contributed by atoms with Crippen LogP contribution < -0.4 is 5.32 Å². The third-order valence-electron chi connectivity index (χ3n) is 1.62. The molecule has 0 aromatic heterocycles. The zero-order chi connectivity index (χ0) is 10.4. The second kappa shape index (κ2) is 5.90. The molecule has 1 atom stereocenters. The van der Waals surface area contributed by atoms with Crippen LogP contribution in [0.15, 0.2) is 0 Å². The maximum Gasteiger partial charge on any atom is 0.228 e. The molecule has 0 aliphatic carbocycles. The fraction of sp³-hybridized carbons (Fsp3) is 0.750. The zero-order valence-corrected chi connectivity index (χ0v) is 8.76. The van der Waals surface area contributed by atoms with Crippen LogP contribution >= 0.6 is 12.2 Å². The van der Waals surface area contributed by atoms with Gasteiger partial charge in [-0.05, 0) is 12.2 Å². The van der Waals surface area contributed by atoms with Gasteiger partial charge in [0.2, 0.25) is 5.91 Å². The maximum absolute atomic E-state index is 10.5. The number of thiocarbonyl (C=S) groups is 1. The molecule has 0 radical (unpaired) electrons. The summed E-state index contributed by atoms with van der Waals surface area (Å²) >= 11 is 4.88. The van der Waals surface area contributed by atoms with Crippen LogP contribution in [0.4, 0.5) is 0 Å². The summed E-state index contributed by atoms with van der Waals surface area (Å²) in [4.78, 5) is 10.5. The molecular weight excluding hydrogens is 206 g/mol. The number of amides is 1. The molecule has 6 heteroatoms. The molecule has 1 fully saturated rings. The fourth-order valence-corrected chi connectivity index (χ4v) is 1.09. The molecule has 1 heterocycles. The monoisotopic (exact) mass is 219 g/mol. The van der Waals surface area contributed by atoms with Crippen molar-refractivity contribution in [2.75, 3.05) is 26.9 Å². The number of ether oxygens (including phenoxy) is 3. The van der Waals surface area contributed by atoms with Crippen LogP contribution in [0, 0.1) is 0 Å². The molecule has 1 aliphatic rings. The summed E-state index contributed by atoms with van der Waals surface area (Å²) in [5.74, 6) is -0.0156. The Morgan fingerprint density at radius 3 is 2.93 bits per heavy atom. The number of nitrogens with one attached hydrogen (secondary N) is 1. The van der Waals surface area contributed by atoms with Crippen molar-refractivity contribution in [3.8, 4) is 0 Å². The molecule has 0 saturated carbocycles. The third-order valence-corrected chi connectivity index (χ3v) is 1.83. The van der Waals surface area contributed by atoms with Crippen LogP contribution in [-0.2, 0) is 19.0 Å². The highest BCUT2D eigenvalue weighted by molar-refractivity contribution is 7.80. The highest BCUT2D eigenvalue weighted by Gasteiger charge is 2.27. The van der Waals surface area contributed by atoms with E-state index >= 15 is 0 Å². The summed E-state index contributed by atoms with van der Waals surface area (Å²) in [6, 6.07) is 0. The number of hydrogen-bond donors (Lipinski definition) is 1. The molecule has 0 aromatic carbocycles. The number of methoxy groups -OCH3 is 1. The number of hydrogen-bond acceptors (Lipinski definition) is 5. The van der Waals surface area contributed by atoms with Crippen molar-refractivity contribution >= 4 is 23.2 Å². The van der Waals surface area contributed by atoms with E-state index in [9.17, 15) is 4.79 Å². The summed E-state index contributed by atoms with van der Waals surface area (Å²) in [5, 5.41) is 2.90. The van der Waals surface area contributed by atoms with Gasteiger partial charge in [0, 0.05) is 7.11 Å². The molecule has 14 heavy (non-hydrogen) atoms. The van der Waals surface area contributed by atoms with E-state index in [1.54, 1.807) is 7.11 Å². The Morgan fingerprint density at radius 1 is 1.64 bits per heavy atom. The van der Waals surface area contributed by atoms with Crippen molar-refractivity contribution in [1.82, 2.24) is 5.32 Å². The van der Waals surface area contributed by atoms with Crippen LogP contribution in [0.2, 0.25) is 0 Å². The largest absolute Gasteiger partial charge is 0.461 e. The third kappa shape index (κ3) is 3.99. The molecule has 1 unspecified atom stereocenters. The van der Waals surface area contributed by atoms with Gasteiger partial charge in [0.1, 0.15) is 6.61 Å². The molecule has 1 rings (SSSR count). The first-order valence-electron chi connectivity index (χ1n) is 4.28. The van der Waals surface area contributed by atoms with Gasteiger partial charge in [-0.25, -0.2) is 0 Å². The number of carbonyl (C=O) groups excluding carboxylic acids is 1. The van der Waals surface area contributed by atoms with E-state index in [2.05, 4.69) is 5.32 Å². The average Bonchev–Trinajstić information content (AvgIpc) is 2.10. The Morgan fingerprint density at radius 2 is 2.36 bits per heavy atom. The molecule has 1 aliphatic heterocycles. The van der Waals surface area contributed by atoms with Crippen molar-refractivity contribution < 1.29 is 19.0 Å². The highest BCUT2D eigenvalue weighted by atomic mass is 32.1. The van der Waals surface area contributed by atoms with E-state index in [0.29, 0.717) is 24.7 Å². The van der Waals surface area contributed by atoms with Gasteiger partial charge in [0.25, 0.3) is 0 Å². The van der Waals surface area contributed by atoms with Crippen LogP contribution in [0.25, 0.3) is 0 Å². The summed E-state index contributed by atoms with van der Waals surface area (Å²) in [7, 11) is 1.60. The van der Waals surface area contributed by atoms with E-state index in [0.717, 1.165) is 0 Å². The zero-order valence-electron chi connectivity index (χ0n) is 7.95. The topological polar surface area (TPSA) is 56.8 Å². The lowest BCUT2D eigenvalue weighted by Gasteiger charge is -2.27. The molecule has 1 N–H and O–H groups in total. The van der Waals surface area contributed by atoms with Gasteiger partial charge >= 0.3 is 0 Å². The van der Waals surface area contributed by atoms with E-state index in [-0.39, 0.29) is 18.7 Å². The molecule has 0 aromatic rings. The summed E-state index contributed by atoms with van der Waals surface area (Å²) in [6.45, 7) is 1.27. The first-order valence-corrected chi connectivity index (χ1v) is 4.68. The highest BCUT2D eigenvalue weighted by Crippen LogP contribution is 2.06. The molecule has 0 spiro atoms. The molecule has 1 saturated heterocycles. The van der Waals surface area contributed by atoms with Crippen LogP contribution in [0.1, 0.15) is 6.42 Å². The van der Waals surface area contributed by atoms with E-state index in [4.69, 9.17) is 26.4 Å². The quantitative estimate of drug-likeness (QED) is 0.382.